The number of ketones is 1. The lowest BCUT2D eigenvalue weighted by molar-refractivity contribution is -0.125. The van der Waals surface area contributed by atoms with E-state index in [1.165, 1.54) is 12.1 Å². The molecule has 1 unspecified atom stereocenters. The largest absolute Gasteiger partial charge is 0.478 e. The van der Waals surface area contributed by atoms with Crippen molar-refractivity contribution in [1.82, 2.24) is 10.3 Å². The summed E-state index contributed by atoms with van der Waals surface area (Å²) in [5.41, 5.74) is 2.13. The second-order valence-electron chi connectivity index (χ2n) is 8.17. The molecule has 1 heterocycles. The number of carbonyl (C=O) groups excluding carboxylic acids is 1. The Morgan fingerprint density at radius 3 is 2.66 bits per heavy atom. The van der Waals surface area contributed by atoms with Crippen LogP contribution in [0.2, 0.25) is 0 Å². The second-order valence-corrected chi connectivity index (χ2v) is 8.17. The predicted molar refractivity (Wildman–Crippen MR) is 120 cm³/mol. The Morgan fingerprint density at radius 1 is 1.22 bits per heavy atom. The van der Waals surface area contributed by atoms with Crippen molar-refractivity contribution in [2.75, 3.05) is 7.05 Å². The van der Waals surface area contributed by atoms with Crippen molar-refractivity contribution in [3.63, 3.8) is 0 Å². The highest BCUT2D eigenvalue weighted by molar-refractivity contribution is 5.90. The van der Waals surface area contributed by atoms with Gasteiger partial charge in [-0.15, -0.1) is 0 Å². The maximum Gasteiger partial charge on any atom is 0.335 e. The van der Waals surface area contributed by atoms with Crippen LogP contribution in [0.1, 0.15) is 35.2 Å². The zero-order valence-corrected chi connectivity index (χ0v) is 17.8. The number of carboxylic acid groups (broad SMARTS) is 1. The number of benzene rings is 2. The smallest absolute Gasteiger partial charge is 0.335 e. The third-order valence-electron chi connectivity index (χ3n) is 6.24. The number of nitriles is 1. The maximum atomic E-state index is 13.1. The SMILES string of the molecule is CN[C@@H](Cc1c[nH]c2ccc(Oc3ccc(C(=O)O)cc3)cc12)C(=O)C1CCC[C@@H]1C#N. The number of likely N-dealkylation sites (N-methyl/N-ethyl adjacent to an activating group) is 1. The molecule has 32 heavy (non-hydrogen) atoms. The fourth-order valence-electron chi connectivity index (χ4n) is 4.47. The highest BCUT2D eigenvalue weighted by Crippen LogP contribution is 2.34. The average molecular weight is 431 g/mol. The lowest BCUT2D eigenvalue weighted by Crippen LogP contribution is -2.40. The standard InChI is InChI=1S/C25H25N3O4/c1-27-23(24(29)20-4-2-3-16(20)13-26)11-17-14-28-22-10-9-19(12-21(17)22)32-18-7-5-15(6-8-18)25(30)31/h5-10,12,14,16,20,23,27-28H,2-4,11H2,1H3,(H,30,31)/t16-,20?,23+/m1/s1. The zero-order valence-electron chi connectivity index (χ0n) is 17.8. The minimum Gasteiger partial charge on any atom is -0.478 e. The molecule has 3 aromatic rings. The molecule has 3 N–H and O–H groups in total. The molecule has 1 aromatic heterocycles. The molecule has 2 aromatic carbocycles. The van der Waals surface area contributed by atoms with Crippen LogP contribution in [0.4, 0.5) is 0 Å². The first-order valence-corrected chi connectivity index (χ1v) is 10.7. The van der Waals surface area contributed by atoms with Crippen LogP contribution in [0.5, 0.6) is 11.5 Å². The first-order chi connectivity index (χ1) is 15.5. The molecule has 0 spiro atoms. The van der Waals surface area contributed by atoms with Gasteiger partial charge in [-0.1, -0.05) is 6.42 Å². The fraction of sp³-hybridized carbons (Fsp3) is 0.320. The van der Waals surface area contributed by atoms with Gasteiger partial charge in [-0.05, 0) is 74.3 Å². The number of aromatic carboxylic acids is 1. The number of nitrogens with one attached hydrogen (secondary N) is 2. The highest BCUT2D eigenvalue weighted by atomic mass is 16.5. The van der Waals surface area contributed by atoms with E-state index in [0.717, 1.165) is 35.7 Å². The molecule has 7 heteroatoms. The molecule has 164 valence electrons. The van der Waals surface area contributed by atoms with Gasteiger partial charge in [0.15, 0.2) is 5.78 Å². The second kappa shape index (κ2) is 9.25. The van der Waals surface area contributed by atoms with Gasteiger partial charge < -0.3 is 20.1 Å². The van der Waals surface area contributed by atoms with E-state index in [1.54, 1.807) is 19.2 Å². The lowest BCUT2D eigenvalue weighted by atomic mass is 9.87. The molecule has 0 saturated heterocycles. The quantitative estimate of drug-likeness (QED) is 0.490. The molecule has 1 saturated carbocycles. The Kier molecular flexibility index (Phi) is 6.24. The van der Waals surface area contributed by atoms with E-state index in [0.29, 0.717) is 17.9 Å². The van der Waals surface area contributed by atoms with Gasteiger partial charge in [-0.2, -0.15) is 5.26 Å². The van der Waals surface area contributed by atoms with E-state index in [-0.39, 0.29) is 29.2 Å². The molecular weight excluding hydrogens is 406 g/mol. The molecule has 0 bridgehead atoms. The van der Waals surface area contributed by atoms with Gasteiger partial charge in [0.05, 0.1) is 23.6 Å². The number of carbonyl (C=O) groups is 2. The lowest BCUT2D eigenvalue weighted by Gasteiger charge is -2.20. The van der Waals surface area contributed by atoms with Crippen LogP contribution in [0.25, 0.3) is 10.9 Å². The minimum absolute atomic E-state index is 0.108. The van der Waals surface area contributed by atoms with Crippen LogP contribution in [0.3, 0.4) is 0 Å². The van der Waals surface area contributed by atoms with Crippen molar-refractivity contribution in [2.45, 2.75) is 31.7 Å². The topological polar surface area (TPSA) is 115 Å². The van der Waals surface area contributed by atoms with Crippen molar-refractivity contribution >= 4 is 22.7 Å². The molecule has 1 aliphatic rings. The highest BCUT2D eigenvalue weighted by Gasteiger charge is 2.36. The van der Waals surface area contributed by atoms with Gasteiger partial charge in [-0.3, -0.25) is 4.79 Å². The van der Waals surface area contributed by atoms with Crippen molar-refractivity contribution in [3.05, 3.63) is 59.8 Å². The number of hydrogen-bond acceptors (Lipinski definition) is 5. The number of aromatic nitrogens is 1. The fourth-order valence-corrected chi connectivity index (χ4v) is 4.47. The maximum absolute atomic E-state index is 13.1. The van der Waals surface area contributed by atoms with E-state index < -0.39 is 5.97 Å². The first-order valence-electron chi connectivity index (χ1n) is 10.7. The molecule has 0 aliphatic heterocycles. The van der Waals surface area contributed by atoms with Gasteiger partial charge in [0.25, 0.3) is 0 Å². The summed E-state index contributed by atoms with van der Waals surface area (Å²) in [6.07, 6.45) is 4.92. The van der Waals surface area contributed by atoms with Gasteiger partial charge in [0, 0.05) is 23.0 Å². The number of hydrogen-bond donors (Lipinski definition) is 3. The van der Waals surface area contributed by atoms with Crippen LogP contribution < -0.4 is 10.1 Å². The number of nitrogens with zero attached hydrogens (tertiary/aromatic N) is 1. The van der Waals surface area contributed by atoms with Gasteiger partial charge >= 0.3 is 5.97 Å². The van der Waals surface area contributed by atoms with E-state index in [2.05, 4.69) is 16.4 Å². The Balaban J connectivity index is 1.53. The molecule has 1 fully saturated rings. The number of rotatable bonds is 8. The molecule has 0 radical (unpaired) electrons. The molecule has 7 nitrogen and oxygen atoms in total. The first kappa shape index (κ1) is 21.6. The number of H-pyrrole nitrogens is 1. The van der Waals surface area contributed by atoms with Crippen LogP contribution in [-0.2, 0) is 11.2 Å². The normalized spacial score (nSPS) is 18.9. The van der Waals surface area contributed by atoms with Gasteiger partial charge in [0.1, 0.15) is 11.5 Å². The van der Waals surface area contributed by atoms with E-state index >= 15 is 0 Å². The molecule has 4 rings (SSSR count). The number of ether oxygens (including phenoxy) is 1. The summed E-state index contributed by atoms with van der Waals surface area (Å²) in [5, 5.41) is 22.5. The van der Waals surface area contributed by atoms with Crippen LogP contribution >= 0.6 is 0 Å². The number of aromatic amines is 1. The van der Waals surface area contributed by atoms with E-state index in [4.69, 9.17) is 9.84 Å². The third kappa shape index (κ3) is 4.36. The summed E-state index contributed by atoms with van der Waals surface area (Å²) in [6.45, 7) is 0. The number of fused-ring (bicyclic) bond motifs is 1. The molecule has 1 aliphatic carbocycles. The van der Waals surface area contributed by atoms with E-state index in [9.17, 15) is 14.9 Å². The number of Topliss-reactive ketones (excluding diaryl/α,β-unsaturated/α-hetero) is 1. The van der Waals surface area contributed by atoms with Gasteiger partial charge in [-0.25, -0.2) is 4.79 Å². The predicted octanol–water partition coefficient (Wildman–Crippen LogP) is 4.30. The molecular formula is C25H25N3O4. The Morgan fingerprint density at radius 2 is 1.97 bits per heavy atom. The van der Waals surface area contributed by atoms with Crippen LogP contribution in [0.15, 0.2) is 48.7 Å². The Labute approximate surface area is 186 Å². The monoisotopic (exact) mass is 431 g/mol. The third-order valence-corrected chi connectivity index (χ3v) is 6.24. The molecule has 3 atom stereocenters. The zero-order chi connectivity index (χ0) is 22.7. The summed E-state index contributed by atoms with van der Waals surface area (Å²) in [6, 6.07) is 13.8. The Hall–Kier alpha value is -3.63. The summed E-state index contributed by atoms with van der Waals surface area (Å²) >= 11 is 0. The minimum atomic E-state index is -0.984. The van der Waals surface area contributed by atoms with Crippen molar-refractivity contribution in [1.29, 1.82) is 5.26 Å². The van der Waals surface area contributed by atoms with Gasteiger partial charge in [0.2, 0.25) is 0 Å². The van der Waals surface area contributed by atoms with Crippen molar-refractivity contribution in [2.24, 2.45) is 11.8 Å². The summed E-state index contributed by atoms with van der Waals surface area (Å²) in [5.74, 6) is -0.101. The Bertz CT molecular complexity index is 1180. The average Bonchev–Trinajstić information content (AvgIpc) is 3.44. The summed E-state index contributed by atoms with van der Waals surface area (Å²) in [4.78, 5) is 27.4. The van der Waals surface area contributed by atoms with Crippen molar-refractivity contribution < 1.29 is 19.4 Å². The number of carboxylic acids is 1. The summed E-state index contributed by atoms with van der Waals surface area (Å²) < 4.78 is 5.91. The van der Waals surface area contributed by atoms with Crippen LogP contribution in [-0.4, -0.2) is 34.9 Å². The van der Waals surface area contributed by atoms with Crippen LogP contribution in [0, 0.1) is 23.2 Å². The summed E-state index contributed by atoms with van der Waals surface area (Å²) in [7, 11) is 1.78. The van der Waals surface area contributed by atoms with E-state index in [1.807, 2.05) is 24.4 Å². The van der Waals surface area contributed by atoms with Crippen molar-refractivity contribution in [3.8, 4) is 17.6 Å². The molecule has 0 amide bonds.